The zero-order valence-electron chi connectivity index (χ0n) is 16.0. The van der Waals surface area contributed by atoms with Crippen molar-refractivity contribution in [3.8, 4) is 0 Å². The number of sulfone groups is 1. The molecular formula is C19H24N4O3S. The molecule has 8 heteroatoms. The van der Waals surface area contributed by atoms with E-state index in [2.05, 4.69) is 15.3 Å². The molecule has 1 aromatic carbocycles. The van der Waals surface area contributed by atoms with Gasteiger partial charge in [0.25, 0.3) is 5.91 Å². The third kappa shape index (κ3) is 4.44. The van der Waals surface area contributed by atoms with E-state index >= 15 is 0 Å². The van der Waals surface area contributed by atoms with Gasteiger partial charge in [0.15, 0.2) is 9.84 Å². The summed E-state index contributed by atoms with van der Waals surface area (Å²) in [5.74, 6) is 0.837. The first-order chi connectivity index (χ1) is 12.6. The number of aryl methyl sites for hydroxylation is 3. The summed E-state index contributed by atoms with van der Waals surface area (Å²) in [6.07, 6.45) is 0.461. The predicted octanol–water partition coefficient (Wildman–Crippen LogP) is 2.40. The molecule has 7 nitrogen and oxygen atoms in total. The zero-order chi connectivity index (χ0) is 19.8. The second-order valence-electron chi connectivity index (χ2n) is 7.10. The summed E-state index contributed by atoms with van der Waals surface area (Å²) in [4.78, 5) is 22.9. The predicted molar refractivity (Wildman–Crippen MR) is 105 cm³/mol. The Labute approximate surface area is 159 Å². The molecule has 1 N–H and O–H groups in total. The minimum atomic E-state index is -3.06. The Morgan fingerprint density at radius 1 is 1.19 bits per heavy atom. The van der Waals surface area contributed by atoms with E-state index in [-0.39, 0.29) is 29.1 Å². The zero-order valence-corrected chi connectivity index (χ0v) is 16.8. The van der Waals surface area contributed by atoms with Crippen LogP contribution < -0.4 is 5.32 Å². The molecule has 1 aliphatic heterocycles. The van der Waals surface area contributed by atoms with E-state index in [0.717, 1.165) is 16.8 Å². The normalized spacial score (nSPS) is 18.3. The monoisotopic (exact) mass is 388 g/mol. The van der Waals surface area contributed by atoms with Gasteiger partial charge in [0.1, 0.15) is 17.3 Å². The van der Waals surface area contributed by atoms with E-state index in [1.807, 2.05) is 32.0 Å². The third-order valence-corrected chi connectivity index (χ3v) is 6.54. The molecule has 1 aliphatic rings. The van der Waals surface area contributed by atoms with Gasteiger partial charge in [-0.15, -0.1) is 0 Å². The third-order valence-electron chi connectivity index (χ3n) is 4.79. The average molecular weight is 388 g/mol. The summed E-state index contributed by atoms with van der Waals surface area (Å²) in [7, 11) is -1.43. The Morgan fingerprint density at radius 2 is 1.93 bits per heavy atom. The molecule has 0 radical (unpaired) electrons. The number of carbonyl (C=O) groups is 1. The average Bonchev–Trinajstić information content (AvgIpc) is 2.96. The highest BCUT2D eigenvalue weighted by molar-refractivity contribution is 7.91. The van der Waals surface area contributed by atoms with Gasteiger partial charge in [0, 0.05) is 24.8 Å². The molecule has 3 rings (SSSR count). The number of aromatic nitrogens is 2. The second-order valence-corrected chi connectivity index (χ2v) is 9.33. The van der Waals surface area contributed by atoms with Gasteiger partial charge in [-0.25, -0.2) is 18.4 Å². The van der Waals surface area contributed by atoms with Crippen molar-refractivity contribution in [1.82, 2.24) is 14.9 Å². The van der Waals surface area contributed by atoms with Crippen LogP contribution in [-0.4, -0.2) is 53.8 Å². The molecular weight excluding hydrogens is 364 g/mol. The first kappa shape index (κ1) is 19.3. The largest absolute Gasteiger partial charge is 0.340 e. The van der Waals surface area contributed by atoms with Crippen LogP contribution >= 0.6 is 0 Å². The van der Waals surface area contributed by atoms with Crippen LogP contribution in [0.2, 0.25) is 0 Å². The van der Waals surface area contributed by atoms with Gasteiger partial charge in [-0.2, -0.15) is 0 Å². The summed E-state index contributed by atoms with van der Waals surface area (Å²) in [5, 5.41) is 3.25. The maximum absolute atomic E-state index is 12.8. The fourth-order valence-corrected chi connectivity index (χ4v) is 4.95. The van der Waals surface area contributed by atoms with Crippen LogP contribution in [0.5, 0.6) is 0 Å². The molecule has 0 bridgehead atoms. The Morgan fingerprint density at radius 3 is 2.59 bits per heavy atom. The minimum absolute atomic E-state index is 0.00685. The van der Waals surface area contributed by atoms with E-state index in [1.165, 1.54) is 4.90 Å². The van der Waals surface area contributed by atoms with Gasteiger partial charge < -0.3 is 10.2 Å². The molecule has 144 valence electrons. The molecule has 0 spiro atoms. The summed E-state index contributed by atoms with van der Waals surface area (Å²) in [6, 6.07) is 7.37. The number of carbonyl (C=O) groups excluding carboxylic acids is 1. The summed E-state index contributed by atoms with van der Waals surface area (Å²) in [6.45, 7) is 5.73. The van der Waals surface area contributed by atoms with Crippen molar-refractivity contribution >= 4 is 27.2 Å². The van der Waals surface area contributed by atoms with Crippen LogP contribution in [0, 0.1) is 20.8 Å². The van der Waals surface area contributed by atoms with Gasteiger partial charge >= 0.3 is 0 Å². The molecule has 0 saturated carbocycles. The quantitative estimate of drug-likeness (QED) is 0.865. The van der Waals surface area contributed by atoms with Crippen molar-refractivity contribution in [1.29, 1.82) is 0 Å². The molecule has 1 amide bonds. The smallest absolute Gasteiger partial charge is 0.272 e. The van der Waals surface area contributed by atoms with Crippen molar-refractivity contribution in [3.05, 3.63) is 46.9 Å². The molecule has 1 aromatic heterocycles. The van der Waals surface area contributed by atoms with Crippen LogP contribution in [0.3, 0.4) is 0 Å². The maximum Gasteiger partial charge on any atom is 0.272 e. The first-order valence-corrected chi connectivity index (χ1v) is 10.6. The molecule has 27 heavy (non-hydrogen) atoms. The maximum atomic E-state index is 12.8. The van der Waals surface area contributed by atoms with Crippen molar-refractivity contribution in [2.45, 2.75) is 33.2 Å². The van der Waals surface area contributed by atoms with Gasteiger partial charge in [-0.05, 0) is 44.4 Å². The number of nitrogens with zero attached hydrogens (tertiary/aromatic N) is 3. The molecule has 2 heterocycles. The van der Waals surface area contributed by atoms with Crippen LogP contribution in [0.4, 0.5) is 11.5 Å². The molecule has 0 aliphatic carbocycles. The standard InChI is InChI=1S/C19H24N4O3S/c1-12-5-6-13(2)16(9-12)22-18-10-17(20-14(3)21-18)19(24)23(4)15-7-8-27(25,26)11-15/h5-6,9-10,15H,7-8,11H2,1-4H3,(H,20,21,22). The Kier molecular flexibility index (Phi) is 5.19. The first-order valence-electron chi connectivity index (χ1n) is 8.82. The number of rotatable bonds is 4. The van der Waals surface area contributed by atoms with Crippen LogP contribution in [0.15, 0.2) is 24.3 Å². The lowest BCUT2D eigenvalue weighted by atomic mass is 10.1. The molecule has 1 atom stereocenters. The SMILES string of the molecule is Cc1ccc(C)c(Nc2cc(C(=O)N(C)C3CCS(=O)(=O)C3)nc(C)n2)c1. The molecule has 1 saturated heterocycles. The van der Waals surface area contributed by atoms with Gasteiger partial charge in [0.2, 0.25) is 0 Å². The van der Waals surface area contributed by atoms with Gasteiger partial charge in [0.05, 0.1) is 11.5 Å². The van der Waals surface area contributed by atoms with E-state index in [1.54, 1.807) is 20.0 Å². The molecule has 1 fully saturated rings. The number of benzene rings is 1. The summed E-state index contributed by atoms with van der Waals surface area (Å²) >= 11 is 0. The van der Waals surface area contributed by atoms with E-state index in [0.29, 0.717) is 18.1 Å². The van der Waals surface area contributed by atoms with Crippen LogP contribution in [-0.2, 0) is 9.84 Å². The van der Waals surface area contributed by atoms with Crippen molar-refractivity contribution in [2.24, 2.45) is 0 Å². The van der Waals surface area contributed by atoms with E-state index in [9.17, 15) is 13.2 Å². The number of nitrogens with one attached hydrogen (secondary N) is 1. The van der Waals surface area contributed by atoms with Gasteiger partial charge in [-0.1, -0.05) is 12.1 Å². The van der Waals surface area contributed by atoms with Crippen molar-refractivity contribution in [2.75, 3.05) is 23.9 Å². The Hall–Kier alpha value is -2.48. The highest BCUT2D eigenvalue weighted by Crippen LogP contribution is 2.22. The highest BCUT2D eigenvalue weighted by atomic mass is 32.2. The minimum Gasteiger partial charge on any atom is -0.340 e. The topological polar surface area (TPSA) is 92.3 Å². The number of hydrogen-bond acceptors (Lipinski definition) is 6. The van der Waals surface area contributed by atoms with Crippen LogP contribution in [0.1, 0.15) is 33.9 Å². The summed E-state index contributed by atoms with van der Waals surface area (Å²) in [5.41, 5.74) is 3.36. The molecule has 2 aromatic rings. The number of amides is 1. The lowest BCUT2D eigenvalue weighted by Crippen LogP contribution is -2.38. The lowest BCUT2D eigenvalue weighted by molar-refractivity contribution is 0.0741. The fraction of sp³-hybridized carbons (Fsp3) is 0.421. The van der Waals surface area contributed by atoms with E-state index in [4.69, 9.17) is 0 Å². The van der Waals surface area contributed by atoms with Crippen molar-refractivity contribution in [3.63, 3.8) is 0 Å². The van der Waals surface area contributed by atoms with Crippen molar-refractivity contribution < 1.29 is 13.2 Å². The second kappa shape index (κ2) is 7.26. The molecule has 1 unspecified atom stereocenters. The van der Waals surface area contributed by atoms with Crippen LogP contribution in [0.25, 0.3) is 0 Å². The Balaban J connectivity index is 1.84. The van der Waals surface area contributed by atoms with E-state index < -0.39 is 9.84 Å². The lowest BCUT2D eigenvalue weighted by Gasteiger charge is -2.23. The fourth-order valence-electron chi connectivity index (χ4n) is 3.18. The summed E-state index contributed by atoms with van der Waals surface area (Å²) < 4.78 is 23.4. The number of anilines is 2. The highest BCUT2D eigenvalue weighted by Gasteiger charge is 2.33. The van der Waals surface area contributed by atoms with Gasteiger partial charge in [-0.3, -0.25) is 4.79 Å². The number of hydrogen-bond donors (Lipinski definition) is 1. The Bertz CT molecular complexity index is 988.